The molecule has 7 heteroatoms. The van der Waals surface area contributed by atoms with Gasteiger partial charge in [0, 0.05) is 17.7 Å². The fourth-order valence-corrected chi connectivity index (χ4v) is 1.20. The van der Waals surface area contributed by atoms with Crippen LogP contribution >= 0.6 is 11.5 Å². The summed E-state index contributed by atoms with van der Waals surface area (Å²) in [4.78, 5) is 15.1. The van der Waals surface area contributed by atoms with E-state index in [1.54, 1.807) is 12.3 Å². The molecule has 2 heterocycles. The molecule has 0 spiro atoms. The highest BCUT2D eigenvalue weighted by molar-refractivity contribution is 7.09. The number of nitrogens with zero attached hydrogens (tertiary/aromatic N) is 3. The monoisotopic (exact) mass is 195 g/mol. The van der Waals surface area contributed by atoms with Crippen LogP contribution in [0, 0.1) is 0 Å². The predicted molar refractivity (Wildman–Crippen MR) is 46.4 cm³/mol. The van der Waals surface area contributed by atoms with Gasteiger partial charge in [0.05, 0.1) is 0 Å². The highest BCUT2D eigenvalue weighted by atomic mass is 32.1. The van der Waals surface area contributed by atoms with Crippen molar-refractivity contribution < 1.29 is 4.79 Å². The molecule has 0 aliphatic heterocycles. The van der Waals surface area contributed by atoms with Gasteiger partial charge in [-0.15, -0.1) is 0 Å². The minimum Gasteiger partial charge on any atom is -0.295 e. The molecule has 0 aliphatic carbocycles. The summed E-state index contributed by atoms with van der Waals surface area (Å²) in [7, 11) is 0. The first-order chi connectivity index (χ1) is 6.36. The van der Waals surface area contributed by atoms with Crippen molar-refractivity contribution in [1.29, 1.82) is 0 Å². The van der Waals surface area contributed by atoms with E-state index in [2.05, 4.69) is 24.9 Å². The molecule has 66 valence electrons. The average Bonchev–Trinajstić information content (AvgIpc) is 2.74. The lowest BCUT2D eigenvalue weighted by Crippen LogP contribution is -2.11. The van der Waals surface area contributed by atoms with Crippen molar-refractivity contribution in [2.75, 3.05) is 5.32 Å². The van der Waals surface area contributed by atoms with Gasteiger partial charge in [0.25, 0.3) is 5.91 Å². The maximum Gasteiger partial charge on any atom is 0.277 e. The van der Waals surface area contributed by atoms with Gasteiger partial charge < -0.3 is 0 Å². The Morgan fingerprint density at radius 2 is 2.54 bits per heavy atom. The van der Waals surface area contributed by atoms with Crippen molar-refractivity contribution in [3.63, 3.8) is 0 Å². The van der Waals surface area contributed by atoms with E-state index in [0.29, 0.717) is 10.8 Å². The second-order valence-electron chi connectivity index (χ2n) is 2.16. The molecule has 0 aliphatic rings. The summed E-state index contributed by atoms with van der Waals surface area (Å²) in [5, 5.41) is 9.28. The molecule has 2 aromatic rings. The van der Waals surface area contributed by atoms with Crippen LogP contribution in [0.3, 0.4) is 0 Å². The van der Waals surface area contributed by atoms with E-state index in [-0.39, 0.29) is 5.91 Å². The zero-order valence-corrected chi connectivity index (χ0v) is 7.21. The number of aromatic nitrogens is 4. The molecule has 1 amide bonds. The Labute approximate surface area is 77.2 Å². The van der Waals surface area contributed by atoms with E-state index >= 15 is 0 Å². The first kappa shape index (κ1) is 7.87. The zero-order valence-electron chi connectivity index (χ0n) is 6.39. The molecule has 0 radical (unpaired) electrons. The summed E-state index contributed by atoms with van der Waals surface area (Å²) in [6.45, 7) is 0. The molecular weight excluding hydrogens is 190 g/mol. The van der Waals surface area contributed by atoms with Gasteiger partial charge in [-0.3, -0.25) is 15.2 Å². The minimum atomic E-state index is -0.294. The lowest BCUT2D eigenvalue weighted by atomic mass is 10.4. The van der Waals surface area contributed by atoms with Gasteiger partial charge >= 0.3 is 0 Å². The molecule has 0 atom stereocenters. The van der Waals surface area contributed by atoms with Crippen LogP contribution in [0.2, 0.25) is 0 Å². The van der Waals surface area contributed by atoms with Gasteiger partial charge in [-0.2, -0.15) is 9.47 Å². The molecule has 0 unspecified atom stereocenters. The highest BCUT2D eigenvalue weighted by Gasteiger charge is 2.08. The Morgan fingerprint density at radius 3 is 3.15 bits per heavy atom. The van der Waals surface area contributed by atoms with Crippen molar-refractivity contribution in [1.82, 2.24) is 19.6 Å². The quantitative estimate of drug-likeness (QED) is 0.731. The van der Waals surface area contributed by atoms with E-state index in [4.69, 9.17) is 0 Å². The molecule has 2 rings (SSSR count). The smallest absolute Gasteiger partial charge is 0.277 e. The van der Waals surface area contributed by atoms with E-state index in [1.165, 1.54) is 6.33 Å². The summed E-state index contributed by atoms with van der Waals surface area (Å²) in [6.07, 6.45) is 2.96. The van der Waals surface area contributed by atoms with Crippen LogP contribution in [-0.2, 0) is 0 Å². The number of aromatic amines is 1. The first-order valence-corrected chi connectivity index (χ1v) is 4.21. The number of rotatable bonds is 2. The van der Waals surface area contributed by atoms with Gasteiger partial charge in [-0.25, -0.2) is 4.98 Å². The molecule has 0 saturated carbocycles. The maximum absolute atomic E-state index is 11.3. The van der Waals surface area contributed by atoms with Crippen LogP contribution < -0.4 is 5.32 Å². The van der Waals surface area contributed by atoms with Gasteiger partial charge in [-0.05, 0) is 6.07 Å². The Morgan fingerprint density at radius 1 is 1.62 bits per heavy atom. The number of amides is 1. The van der Waals surface area contributed by atoms with E-state index in [1.807, 2.05) is 0 Å². The zero-order chi connectivity index (χ0) is 9.10. The number of carbonyl (C=O) groups is 1. The van der Waals surface area contributed by atoms with Crippen LogP contribution in [0.25, 0.3) is 0 Å². The average molecular weight is 195 g/mol. The Kier molecular flexibility index (Phi) is 2.01. The van der Waals surface area contributed by atoms with Crippen LogP contribution in [0.1, 0.15) is 10.5 Å². The third-order valence-electron chi connectivity index (χ3n) is 1.32. The van der Waals surface area contributed by atoms with Gasteiger partial charge in [0.1, 0.15) is 12.0 Å². The molecule has 6 nitrogen and oxygen atoms in total. The molecule has 2 aromatic heterocycles. The van der Waals surface area contributed by atoms with Crippen molar-refractivity contribution in [3.8, 4) is 0 Å². The highest BCUT2D eigenvalue weighted by Crippen LogP contribution is 2.07. The fraction of sp³-hybridized carbons (Fsp3) is 0. The molecule has 0 fully saturated rings. The third-order valence-corrected chi connectivity index (χ3v) is 1.90. The lowest BCUT2D eigenvalue weighted by molar-refractivity contribution is 0.102. The molecular formula is C6H5N5OS. The van der Waals surface area contributed by atoms with Crippen molar-refractivity contribution in [2.45, 2.75) is 0 Å². The maximum atomic E-state index is 11.3. The van der Waals surface area contributed by atoms with Crippen LogP contribution in [-0.4, -0.2) is 25.5 Å². The molecule has 0 aromatic carbocycles. The lowest BCUT2D eigenvalue weighted by Gasteiger charge is -1.94. The number of hydrogen-bond donors (Lipinski definition) is 2. The summed E-state index contributed by atoms with van der Waals surface area (Å²) in [5.74, 6) is -0.294. The molecule has 2 N–H and O–H groups in total. The number of nitrogens with one attached hydrogen (secondary N) is 2. The number of carbonyl (C=O) groups excluding carboxylic acids is 1. The van der Waals surface area contributed by atoms with Crippen molar-refractivity contribution >= 4 is 22.6 Å². The number of hydrogen-bond acceptors (Lipinski definition) is 5. The van der Waals surface area contributed by atoms with E-state index in [9.17, 15) is 4.79 Å². The van der Waals surface area contributed by atoms with Crippen LogP contribution in [0.5, 0.6) is 0 Å². The predicted octanol–water partition coefficient (Wildman–Crippen LogP) is 0.514. The standard InChI is InChI=1S/C6H5N5OS/c12-5(4-1-2-8-11-4)10-6-7-3-9-13-6/h1-3H,(H,8,11)(H,7,9,10,12). The van der Waals surface area contributed by atoms with Gasteiger partial charge in [0.15, 0.2) is 0 Å². The Bertz CT molecular complexity index is 381. The first-order valence-electron chi connectivity index (χ1n) is 3.44. The van der Waals surface area contributed by atoms with Gasteiger partial charge in [-0.1, -0.05) is 0 Å². The fourth-order valence-electron chi connectivity index (χ4n) is 0.776. The second kappa shape index (κ2) is 3.31. The van der Waals surface area contributed by atoms with Crippen LogP contribution in [0.15, 0.2) is 18.6 Å². The van der Waals surface area contributed by atoms with Crippen molar-refractivity contribution in [3.05, 3.63) is 24.3 Å². The second-order valence-corrected chi connectivity index (χ2v) is 2.94. The minimum absolute atomic E-state index is 0.294. The largest absolute Gasteiger partial charge is 0.295 e. The Hall–Kier alpha value is -1.76. The van der Waals surface area contributed by atoms with E-state index < -0.39 is 0 Å². The summed E-state index contributed by atoms with van der Waals surface area (Å²) in [6, 6.07) is 1.58. The van der Waals surface area contributed by atoms with Crippen LogP contribution in [0.4, 0.5) is 5.13 Å². The van der Waals surface area contributed by atoms with Gasteiger partial charge in [0.2, 0.25) is 5.13 Å². The Balaban J connectivity index is 2.08. The van der Waals surface area contributed by atoms with Crippen molar-refractivity contribution in [2.24, 2.45) is 0 Å². The number of H-pyrrole nitrogens is 1. The normalized spacial score (nSPS) is 9.85. The summed E-state index contributed by atoms with van der Waals surface area (Å²) in [5.41, 5.74) is 0.329. The molecule has 0 saturated heterocycles. The summed E-state index contributed by atoms with van der Waals surface area (Å²) >= 11 is 1.12. The SMILES string of the molecule is O=C(Nc1ncns1)c1cc[nH]n1. The van der Waals surface area contributed by atoms with E-state index in [0.717, 1.165) is 11.5 Å². The topological polar surface area (TPSA) is 83.6 Å². The molecule has 13 heavy (non-hydrogen) atoms. The molecule has 0 bridgehead atoms. The summed E-state index contributed by atoms with van der Waals surface area (Å²) < 4.78 is 3.74. The number of anilines is 1. The third kappa shape index (κ3) is 1.70.